The Kier molecular flexibility index (Phi) is 3.79. The van der Waals surface area contributed by atoms with Crippen molar-refractivity contribution in [2.45, 2.75) is 0 Å². The van der Waals surface area contributed by atoms with Crippen LogP contribution in [0.4, 0.5) is 0 Å². The molecule has 0 fully saturated rings. The van der Waals surface area contributed by atoms with E-state index in [1.54, 1.807) is 10.6 Å². The minimum Gasteiger partial charge on any atom is -0.284 e. The van der Waals surface area contributed by atoms with Crippen LogP contribution in [0.3, 0.4) is 0 Å². The van der Waals surface area contributed by atoms with Gasteiger partial charge in [0.05, 0.1) is 0 Å². The maximum absolute atomic E-state index is 12.0. The van der Waals surface area contributed by atoms with Crippen molar-refractivity contribution < 1.29 is 0 Å². The molecule has 0 saturated heterocycles. The van der Waals surface area contributed by atoms with Gasteiger partial charge in [0.2, 0.25) is 0 Å². The van der Waals surface area contributed by atoms with Crippen molar-refractivity contribution in [2.75, 3.05) is 0 Å². The Labute approximate surface area is 123 Å². The number of hydrogen-bond acceptors (Lipinski definition) is 1. The molecule has 0 spiro atoms. The van der Waals surface area contributed by atoms with Gasteiger partial charge in [-0.15, -0.1) is 0 Å². The average molecular weight is 273 g/mol. The summed E-state index contributed by atoms with van der Waals surface area (Å²) in [4.78, 5) is 12.0. The fourth-order valence-corrected chi connectivity index (χ4v) is 2.15. The van der Waals surface area contributed by atoms with Crippen LogP contribution in [-0.4, -0.2) is 4.57 Å². The van der Waals surface area contributed by atoms with Crippen LogP contribution in [-0.2, 0) is 0 Å². The van der Waals surface area contributed by atoms with Crippen molar-refractivity contribution in [1.29, 1.82) is 0 Å². The van der Waals surface area contributed by atoms with Crippen molar-refractivity contribution in [3.05, 3.63) is 100 Å². The van der Waals surface area contributed by atoms with Gasteiger partial charge in [-0.2, -0.15) is 0 Å². The van der Waals surface area contributed by atoms with Crippen molar-refractivity contribution in [1.82, 2.24) is 4.57 Å². The van der Waals surface area contributed by atoms with Crippen LogP contribution < -0.4 is 5.56 Å². The van der Waals surface area contributed by atoms with Crippen LogP contribution in [0, 0.1) is 0 Å². The summed E-state index contributed by atoms with van der Waals surface area (Å²) < 4.78 is 1.66. The number of rotatable bonds is 3. The largest absolute Gasteiger partial charge is 0.284 e. The lowest BCUT2D eigenvalue weighted by atomic mass is 10.1. The quantitative estimate of drug-likeness (QED) is 0.706. The second-order valence-electron chi connectivity index (χ2n) is 4.75. The molecular formula is C19H15NO. The zero-order valence-corrected chi connectivity index (χ0v) is 11.5. The van der Waals surface area contributed by atoms with Gasteiger partial charge >= 0.3 is 0 Å². The number of pyridine rings is 1. The molecule has 0 atom stereocenters. The highest BCUT2D eigenvalue weighted by molar-refractivity contribution is 5.69. The first kappa shape index (κ1) is 13.1. The summed E-state index contributed by atoms with van der Waals surface area (Å²) in [5, 5.41) is 0. The van der Waals surface area contributed by atoms with E-state index in [9.17, 15) is 4.79 Å². The molecule has 3 aromatic rings. The van der Waals surface area contributed by atoms with Gasteiger partial charge in [0.25, 0.3) is 5.56 Å². The number of hydrogen-bond donors (Lipinski definition) is 0. The van der Waals surface area contributed by atoms with Crippen molar-refractivity contribution in [3.8, 4) is 5.69 Å². The molecule has 21 heavy (non-hydrogen) atoms. The summed E-state index contributed by atoms with van der Waals surface area (Å²) >= 11 is 0. The molecule has 1 aromatic heterocycles. The lowest BCUT2D eigenvalue weighted by molar-refractivity contribution is 0.987. The fourth-order valence-electron chi connectivity index (χ4n) is 2.15. The predicted octanol–water partition coefficient (Wildman–Crippen LogP) is 4.01. The van der Waals surface area contributed by atoms with Gasteiger partial charge in [-0.05, 0) is 29.3 Å². The topological polar surface area (TPSA) is 22.0 Å². The third-order valence-corrected chi connectivity index (χ3v) is 3.24. The molecule has 3 rings (SSSR count). The van der Waals surface area contributed by atoms with Crippen LogP contribution >= 0.6 is 0 Å². The smallest absolute Gasteiger partial charge is 0.255 e. The Morgan fingerprint density at radius 2 is 1.29 bits per heavy atom. The van der Waals surface area contributed by atoms with E-state index in [1.807, 2.05) is 85.1 Å². The molecule has 0 aliphatic rings. The van der Waals surface area contributed by atoms with Crippen LogP contribution in [0.1, 0.15) is 11.1 Å². The molecule has 0 N–H and O–H groups in total. The average Bonchev–Trinajstić information content (AvgIpc) is 2.56. The molecule has 0 aliphatic heterocycles. The zero-order chi connectivity index (χ0) is 14.5. The van der Waals surface area contributed by atoms with Gasteiger partial charge in [0.15, 0.2) is 0 Å². The Morgan fingerprint density at radius 1 is 0.667 bits per heavy atom. The molecular weight excluding hydrogens is 258 g/mol. The number of nitrogens with zero attached hydrogens (tertiary/aromatic N) is 1. The maximum atomic E-state index is 12.0. The van der Waals surface area contributed by atoms with Crippen LogP contribution in [0.2, 0.25) is 0 Å². The number of benzene rings is 2. The number of aromatic nitrogens is 1. The molecule has 2 heteroatoms. The third kappa shape index (κ3) is 3.18. The normalized spacial score (nSPS) is 10.9. The standard InChI is InChI=1S/C19H15NO/c21-19-14-13-17(12-11-16-7-3-1-4-8-16)15-20(19)18-9-5-2-6-10-18/h1-15H. The van der Waals surface area contributed by atoms with E-state index in [4.69, 9.17) is 0 Å². The summed E-state index contributed by atoms with van der Waals surface area (Å²) in [7, 11) is 0. The molecule has 1 heterocycles. The van der Waals surface area contributed by atoms with Gasteiger partial charge in [-0.25, -0.2) is 0 Å². The Morgan fingerprint density at radius 3 is 2.00 bits per heavy atom. The zero-order valence-electron chi connectivity index (χ0n) is 11.5. The van der Waals surface area contributed by atoms with Gasteiger partial charge in [0.1, 0.15) is 0 Å². The minimum atomic E-state index is -0.0296. The second-order valence-corrected chi connectivity index (χ2v) is 4.75. The maximum Gasteiger partial charge on any atom is 0.255 e. The second kappa shape index (κ2) is 6.06. The Balaban J connectivity index is 1.95. The summed E-state index contributed by atoms with van der Waals surface area (Å²) in [5.74, 6) is 0. The summed E-state index contributed by atoms with van der Waals surface area (Å²) in [6.45, 7) is 0. The van der Waals surface area contributed by atoms with E-state index in [2.05, 4.69) is 0 Å². The first-order chi connectivity index (χ1) is 10.3. The Hall–Kier alpha value is -2.87. The number of para-hydroxylation sites is 1. The SMILES string of the molecule is O=c1ccc(C=Cc2ccccc2)cn1-c1ccccc1. The van der Waals surface area contributed by atoms with Crippen LogP contribution in [0.25, 0.3) is 17.8 Å². The van der Waals surface area contributed by atoms with Crippen LogP contribution in [0.5, 0.6) is 0 Å². The van der Waals surface area contributed by atoms with Gasteiger partial charge in [-0.1, -0.05) is 60.7 Å². The van der Waals surface area contributed by atoms with Crippen molar-refractivity contribution >= 4 is 12.2 Å². The van der Waals surface area contributed by atoms with Gasteiger partial charge in [-0.3, -0.25) is 9.36 Å². The highest BCUT2D eigenvalue weighted by Crippen LogP contribution is 2.09. The highest BCUT2D eigenvalue weighted by atomic mass is 16.1. The summed E-state index contributed by atoms with van der Waals surface area (Å²) in [6.07, 6.45) is 5.90. The molecule has 102 valence electrons. The fraction of sp³-hybridized carbons (Fsp3) is 0. The van der Waals surface area contributed by atoms with E-state index < -0.39 is 0 Å². The van der Waals surface area contributed by atoms with E-state index in [-0.39, 0.29) is 5.56 Å². The van der Waals surface area contributed by atoms with E-state index in [0.717, 1.165) is 16.8 Å². The highest BCUT2D eigenvalue weighted by Gasteiger charge is 1.99. The molecule has 0 aliphatic carbocycles. The molecule has 2 aromatic carbocycles. The van der Waals surface area contributed by atoms with Crippen molar-refractivity contribution in [2.24, 2.45) is 0 Å². The first-order valence-corrected chi connectivity index (χ1v) is 6.84. The van der Waals surface area contributed by atoms with E-state index in [1.165, 1.54) is 0 Å². The lowest BCUT2D eigenvalue weighted by Gasteiger charge is -2.06. The minimum absolute atomic E-state index is 0.0296. The molecule has 0 unspecified atom stereocenters. The summed E-state index contributed by atoms with van der Waals surface area (Å²) in [6, 6.07) is 23.2. The first-order valence-electron chi connectivity index (χ1n) is 6.84. The third-order valence-electron chi connectivity index (χ3n) is 3.24. The molecule has 0 radical (unpaired) electrons. The van der Waals surface area contributed by atoms with Gasteiger partial charge in [0, 0.05) is 18.0 Å². The molecule has 0 amide bonds. The molecule has 2 nitrogen and oxygen atoms in total. The predicted molar refractivity (Wildman–Crippen MR) is 87.4 cm³/mol. The molecule has 0 saturated carbocycles. The monoisotopic (exact) mass is 273 g/mol. The van der Waals surface area contributed by atoms with E-state index >= 15 is 0 Å². The van der Waals surface area contributed by atoms with Gasteiger partial charge < -0.3 is 0 Å². The van der Waals surface area contributed by atoms with E-state index in [0.29, 0.717) is 0 Å². The summed E-state index contributed by atoms with van der Waals surface area (Å²) in [5.41, 5.74) is 2.97. The molecule has 0 bridgehead atoms. The van der Waals surface area contributed by atoms with Crippen LogP contribution in [0.15, 0.2) is 83.8 Å². The van der Waals surface area contributed by atoms with Crippen molar-refractivity contribution in [3.63, 3.8) is 0 Å². The lowest BCUT2D eigenvalue weighted by Crippen LogP contribution is -2.16. The Bertz CT molecular complexity index is 802.